The van der Waals surface area contributed by atoms with Gasteiger partial charge in [0.05, 0.1) is 5.70 Å². The summed E-state index contributed by atoms with van der Waals surface area (Å²) < 4.78 is 11.7. The van der Waals surface area contributed by atoms with E-state index in [2.05, 4.69) is 0 Å². The highest BCUT2D eigenvalue weighted by Crippen LogP contribution is 2.18. The number of fused-ring (bicyclic) bond motifs is 3. The van der Waals surface area contributed by atoms with Crippen LogP contribution in [0.2, 0.25) is 0 Å². The molecule has 0 spiro atoms. The van der Waals surface area contributed by atoms with E-state index < -0.39 is 0 Å². The van der Waals surface area contributed by atoms with Crippen molar-refractivity contribution in [2.45, 2.75) is 0 Å². The summed E-state index contributed by atoms with van der Waals surface area (Å²) in [7, 11) is 0. The molecule has 0 aliphatic carbocycles. The van der Waals surface area contributed by atoms with E-state index >= 15 is 0 Å². The molecule has 0 amide bonds. The Hall–Kier alpha value is -4.76. The molecule has 180 valence electrons. The van der Waals surface area contributed by atoms with Crippen LogP contribution in [0.4, 0.5) is 0 Å². The molecule has 0 aromatic heterocycles. The maximum atomic E-state index is 5.95. The summed E-state index contributed by atoms with van der Waals surface area (Å²) in [6.07, 6.45) is 56.9. The van der Waals surface area contributed by atoms with E-state index in [0.717, 1.165) is 17.2 Å². The van der Waals surface area contributed by atoms with Crippen molar-refractivity contribution in [3.8, 4) is 0 Å². The van der Waals surface area contributed by atoms with Gasteiger partial charge < -0.3 is 14.4 Å². The van der Waals surface area contributed by atoms with Gasteiger partial charge in [-0.2, -0.15) is 0 Å². The predicted molar refractivity (Wildman–Crippen MR) is 152 cm³/mol. The lowest BCUT2D eigenvalue weighted by Gasteiger charge is -2.19. The third-order valence-corrected chi connectivity index (χ3v) is 4.65. The van der Waals surface area contributed by atoms with Crippen molar-refractivity contribution in [2.75, 3.05) is 6.61 Å². The maximum absolute atomic E-state index is 5.95. The second-order valence-electron chi connectivity index (χ2n) is 7.41. The van der Waals surface area contributed by atoms with Crippen molar-refractivity contribution in [3.05, 3.63) is 194 Å². The third kappa shape index (κ3) is 10.9. The Balaban J connectivity index is 1.69. The molecule has 3 heteroatoms. The predicted octanol–water partition coefficient (Wildman–Crippen LogP) is 8.12. The molecule has 0 atom stereocenters. The Morgan fingerprint density at radius 2 is 1.03 bits per heavy atom. The second kappa shape index (κ2) is 16.8. The monoisotopic (exact) mass is 473 g/mol. The maximum Gasteiger partial charge on any atom is 0.128 e. The van der Waals surface area contributed by atoms with E-state index in [1.165, 1.54) is 0 Å². The van der Waals surface area contributed by atoms with Crippen molar-refractivity contribution in [2.24, 2.45) is 0 Å². The first-order valence-corrected chi connectivity index (χ1v) is 11.8. The lowest BCUT2D eigenvalue weighted by Crippen LogP contribution is -2.10. The zero-order valence-corrected chi connectivity index (χ0v) is 20.2. The topological polar surface area (TPSA) is 21.7 Å². The van der Waals surface area contributed by atoms with Gasteiger partial charge in [0, 0.05) is 12.4 Å². The molecule has 0 radical (unpaired) electrons. The van der Waals surface area contributed by atoms with Crippen molar-refractivity contribution in [1.82, 2.24) is 4.90 Å². The summed E-state index contributed by atoms with van der Waals surface area (Å²) in [5.41, 5.74) is 0.923. The second-order valence-corrected chi connectivity index (χ2v) is 7.41. The lowest BCUT2D eigenvalue weighted by atomic mass is 10.2. The van der Waals surface area contributed by atoms with Gasteiger partial charge in [-0.05, 0) is 42.5 Å². The average molecular weight is 474 g/mol. The van der Waals surface area contributed by atoms with Crippen LogP contribution in [0.1, 0.15) is 0 Å². The summed E-state index contributed by atoms with van der Waals surface area (Å²) in [4.78, 5) is 1.98. The molecule has 0 saturated carbocycles. The molecule has 3 aliphatic rings. The summed E-state index contributed by atoms with van der Waals surface area (Å²) in [6.45, 7) is 0.482. The van der Waals surface area contributed by atoms with E-state index in [1.807, 2.05) is 175 Å². The van der Waals surface area contributed by atoms with Crippen molar-refractivity contribution in [3.63, 3.8) is 0 Å². The van der Waals surface area contributed by atoms with Gasteiger partial charge >= 0.3 is 0 Å². The minimum Gasteiger partial charge on any atom is -0.495 e. The van der Waals surface area contributed by atoms with Gasteiger partial charge in [-0.25, -0.2) is 0 Å². The van der Waals surface area contributed by atoms with Crippen LogP contribution in [-0.2, 0) is 9.47 Å². The van der Waals surface area contributed by atoms with Gasteiger partial charge in [-0.3, -0.25) is 0 Å². The normalized spacial score (nSPS) is 30.2. The summed E-state index contributed by atoms with van der Waals surface area (Å²) >= 11 is 0. The van der Waals surface area contributed by atoms with Gasteiger partial charge in [0.15, 0.2) is 0 Å². The zero-order valence-electron chi connectivity index (χ0n) is 20.2. The highest BCUT2D eigenvalue weighted by atomic mass is 16.5. The minimum atomic E-state index is 0.482. The molecule has 3 aliphatic heterocycles. The largest absolute Gasteiger partial charge is 0.495 e. The van der Waals surface area contributed by atoms with Gasteiger partial charge in [-0.1, -0.05) is 115 Å². The van der Waals surface area contributed by atoms with E-state index in [1.54, 1.807) is 6.26 Å². The molecular weight excluding hydrogens is 442 g/mol. The van der Waals surface area contributed by atoms with Crippen LogP contribution >= 0.6 is 0 Å². The van der Waals surface area contributed by atoms with Gasteiger partial charge in [0.25, 0.3) is 0 Å². The average Bonchev–Trinajstić information content (AvgIpc) is 2.90. The van der Waals surface area contributed by atoms with Gasteiger partial charge in [0.1, 0.15) is 24.4 Å². The summed E-state index contributed by atoms with van der Waals surface area (Å²) in [5.74, 6) is 1.52. The number of allylic oxidation sites excluding steroid dienone is 25. The van der Waals surface area contributed by atoms with Crippen LogP contribution in [0.15, 0.2) is 194 Å². The molecule has 3 heterocycles. The summed E-state index contributed by atoms with van der Waals surface area (Å²) in [6, 6.07) is 0. The number of hydrogen-bond donors (Lipinski definition) is 0. The van der Waals surface area contributed by atoms with Crippen LogP contribution < -0.4 is 0 Å². The zero-order chi connectivity index (χ0) is 24.9. The fourth-order valence-electron chi connectivity index (χ4n) is 2.92. The van der Waals surface area contributed by atoms with Crippen molar-refractivity contribution in [1.29, 1.82) is 0 Å². The molecule has 0 aromatic rings. The van der Waals surface area contributed by atoms with Gasteiger partial charge in [-0.15, -0.1) is 0 Å². The van der Waals surface area contributed by atoms with Crippen LogP contribution in [0.5, 0.6) is 0 Å². The Labute approximate surface area is 214 Å². The van der Waals surface area contributed by atoms with Crippen molar-refractivity contribution < 1.29 is 9.47 Å². The molecule has 3 rings (SSSR count). The SMILES string of the molecule is C1=C\C2=C/C=C\C=C\C=C\C=C\C=C/C=C/C=C/C=C/C=C/CO/C=C3\C=CC=CN3/C=C/C(=C1)O2. The van der Waals surface area contributed by atoms with Crippen molar-refractivity contribution >= 4 is 0 Å². The molecule has 36 heavy (non-hydrogen) atoms. The first-order chi connectivity index (χ1) is 17.9. The molecule has 0 unspecified atom stereocenters. The molecule has 2 bridgehead atoms. The molecular formula is C33H31NO2. The molecule has 3 nitrogen and oxygen atoms in total. The molecule has 0 fully saturated rings. The highest BCUT2D eigenvalue weighted by Gasteiger charge is 2.06. The number of ether oxygens (including phenoxy) is 2. The van der Waals surface area contributed by atoms with E-state index in [9.17, 15) is 0 Å². The molecule has 0 aromatic carbocycles. The minimum absolute atomic E-state index is 0.482. The Morgan fingerprint density at radius 3 is 1.69 bits per heavy atom. The fraction of sp³-hybridized carbons (Fsp3) is 0.0303. The molecule has 0 saturated heterocycles. The first kappa shape index (κ1) is 25.9. The van der Waals surface area contributed by atoms with E-state index in [0.29, 0.717) is 6.61 Å². The van der Waals surface area contributed by atoms with E-state index in [-0.39, 0.29) is 0 Å². The Kier molecular flexibility index (Phi) is 12.1. The van der Waals surface area contributed by atoms with Gasteiger partial charge in [0.2, 0.25) is 0 Å². The Morgan fingerprint density at radius 1 is 0.472 bits per heavy atom. The third-order valence-electron chi connectivity index (χ3n) is 4.65. The first-order valence-electron chi connectivity index (χ1n) is 11.8. The summed E-state index contributed by atoms with van der Waals surface area (Å²) in [5, 5.41) is 0. The Bertz CT molecular complexity index is 1200. The fourth-order valence-corrected chi connectivity index (χ4v) is 2.92. The quantitative estimate of drug-likeness (QED) is 0.355. The number of rotatable bonds is 0. The molecule has 0 N–H and O–H groups in total. The van der Waals surface area contributed by atoms with E-state index in [4.69, 9.17) is 9.47 Å². The highest BCUT2D eigenvalue weighted by molar-refractivity contribution is 5.35. The smallest absolute Gasteiger partial charge is 0.128 e. The number of nitrogens with zero attached hydrogens (tertiary/aromatic N) is 1. The lowest BCUT2D eigenvalue weighted by molar-refractivity contribution is 0.281. The van der Waals surface area contributed by atoms with Crippen LogP contribution in [-0.4, -0.2) is 11.5 Å². The standard InChI is InChI=1S/C33H31NO2/c1-2-4-6-8-10-12-14-16-20-29-35-30-31-22-18-19-27-34(31)28-26-33-25-21-24-32(36-33)23-17-15-13-11-9-7-5-3-1/h1-28,30H,29H2/b2-1-,5-3+,6-4+,9-7+,10-8+,13-11+,14-12+,17-15-,20-16+,28-26+,31-30+,32-23+. The van der Waals surface area contributed by atoms with Crippen LogP contribution in [0, 0.1) is 0 Å². The van der Waals surface area contributed by atoms with Crippen LogP contribution in [0.25, 0.3) is 0 Å². The van der Waals surface area contributed by atoms with Crippen LogP contribution in [0.3, 0.4) is 0 Å². The number of hydrogen-bond acceptors (Lipinski definition) is 3.